The maximum Gasteiger partial charge on any atom is 0.170 e. The molecule has 0 saturated carbocycles. The summed E-state index contributed by atoms with van der Waals surface area (Å²) in [6, 6.07) is 5.82. The van der Waals surface area contributed by atoms with Gasteiger partial charge in [-0.2, -0.15) is 0 Å². The van der Waals surface area contributed by atoms with Crippen molar-refractivity contribution < 1.29 is 4.74 Å². The van der Waals surface area contributed by atoms with Crippen LogP contribution in [0.3, 0.4) is 0 Å². The molecule has 2 rings (SSSR count). The molecule has 0 bridgehead atoms. The third-order valence-electron chi connectivity index (χ3n) is 3.25. The monoisotopic (exact) mass is 313 g/mol. The van der Waals surface area contributed by atoms with E-state index in [4.69, 9.17) is 28.6 Å². The van der Waals surface area contributed by atoms with Gasteiger partial charge in [0.2, 0.25) is 0 Å². The van der Waals surface area contributed by atoms with E-state index < -0.39 is 0 Å². The summed E-state index contributed by atoms with van der Waals surface area (Å²) in [7, 11) is 0. The SMILES string of the molecule is Cc1ccc(NC(=S)NCCN2CCOCC2)cc1Cl. The van der Waals surface area contributed by atoms with Gasteiger partial charge in [-0.25, -0.2) is 0 Å². The number of aryl methyl sites for hydroxylation is 1. The van der Waals surface area contributed by atoms with Crippen LogP contribution >= 0.6 is 23.8 Å². The van der Waals surface area contributed by atoms with Crippen LogP contribution in [0.5, 0.6) is 0 Å². The van der Waals surface area contributed by atoms with Crippen LogP contribution in [0, 0.1) is 6.92 Å². The Morgan fingerprint density at radius 3 is 2.85 bits per heavy atom. The van der Waals surface area contributed by atoms with E-state index >= 15 is 0 Å². The van der Waals surface area contributed by atoms with Gasteiger partial charge in [-0.1, -0.05) is 17.7 Å². The van der Waals surface area contributed by atoms with Crippen molar-refractivity contribution in [1.29, 1.82) is 0 Å². The van der Waals surface area contributed by atoms with Crippen LogP contribution in [-0.2, 0) is 4.74 Å². The standard InChI is InChI=1S/C14H20ClN3OS/c1-11-2-3-12(10-13(11)15)17-14(20)16-4-5-18-6-8-19-9-7-18/h2-3,10H,4-9H2,1H3,(H2,16,17,20). The highest BCUT2D eigenvalue weighted by atomic mass is 35.5. The predicted octanol–water partition coefficient (Wildman–Crippen LogP) is 2.27. The molecule has 0 spiro atoms. The quantitative estimate of drug-likeness (QED) is 0.834. The first-order valence-corrected chi connectivity index (χ1v) is 7.55. The van der Waals surface area contributed by atoms with Gasteiger partial charge in [-0.15, -0.1) is 0 Å². The van der Waals surface area contributed by atoms with E-state index in [9.17, 15) is 0 Å². The van der Waals surface area contributed by atoms with Crippen LogP contribution in [0.1, 0.15) is 5.56 Å². The van der Waals surface area contributed by atoms with Gasteiger partial charge in [0.15, 0.2) is 5.11 Å². The summed E-state index contributed by atoms with van der Waals surface area (Å²) in [5.41, 5.74) is 1.97. The summed E-state index contributed by atoms with van der Waals surface area (Å²) in [4.78, 5) is 2.36. The largest absolute Gasteiger partial charge is 0.379 e. The predicted molar refractivity (Wildman–Crippen MR) is 87.7 cm³/mol. The number of thiocarbonyl (C=S) groups is 1. The number of benzene rings is 1. The normalized spacial score (nSPS) is 15.9. The highest BCUT2D eigenvalue weighted by Gasteiger charge is 2.09. The minimum absolute atomic E-state index is 0.623. The number of nitrogens with zero attached hydrogens (tertiary/aromatic N) is 1. The number of morpholine rings is 1. The minimum Gasteiger partial charge on any atom is -0.379 e. The van der Waals surface area contributed by atoms with Gasteiger partial charge in [0.05, 0.1) is 13.2 Å². The van der Waals surface area contributed by atoms with E-state index in [1.54, 1.807) is 0 Å². The first kappa shape index (κ1) is 15.5. The smallest absolute Gasteiger partial charge is 0.170 e. The topological polar surface area (TPSA) is 36.5 Å². The van der Waals surface area contributed by atoms with Crippen LogP contribution in [0.25, 0.3) is 0 Å². The van der Waals surface area contributed by atoms with Crippen molar-refractivity contribution in [1.82, 2.24) is 10.2 Å². The van der Waals surface area contributed by atoms with Gasteiger partial charge in [0.1, 0.15) is 0 Å². The van der Waals surface area contributed by atoms with E-state index in [1.807, 2.05) is 25.1 Å². The molecule has 110 valence electrons. The number of nitrogens with one attached hydrogen (secondary N) is 2. The van der Waals surface area contributed by atoms with Crippen molar-refractivity contribution in [3.63, 3.8) is 0 Å². The van der Waals surface area contributed by atoms with Crippen LogP contribution in [0.4, 0.5) is 5.69 Å². The molecule has 20 heavy (non-hydrogen) atoms. The lowest BCUT2D eigenvalue weighted by molar-refractivity contribution is 0.0389. The zero-order valence-corrected chi connectivity index (χ0v) is 13.2. The molecular weight excluding hydrogens is 294 g/mol. The third kappa shape index (κ3) is 4.90. The zero-order chi connectivity index (χ0) is 14.4. The Morgan fingerprint density at radius 1 is 1.40 bits per heavy atom. The van der Waals surface area contributed by atoms with Gasteiger partial charge in [-0.3, -0.25) is 4.90 Å². The second kappa shape index (κ2) is 7.78. The summed E-state index contributed by atoms with van der Waals surface area (Å²) in [6.45, 7) is 7.41. The molecular formula is C14H20ClN3OS. The number of rotatable bonds is 4. The first-order valence-electron chi connectivity index (χ1n) is 6.76. The van der Waals surface area contributed by atoms with Gasteiger partial charge in [0.25, 0.3) is 0 Å². The Balaban J connectivity index is 1.70. The van der Waals surface area contributed by atoms with E-state index in [1.165, 1.54) is 0 Å². The van der Waals surface area contributed by atoms with E-state index in [2.05, 4.69) is 15.5 Å². The molecule has 2 N–H and O–H groups in total. The first-order chi connectivity index (χ1) is 9.65. The number of hydrogen-bond acceptors (Lipinski definition) is 3. The van der Waals surface area contributed by atoms with Gasteiger partial charge in [0, 0.05) is 36.9 Å². The summed E-state index contributed by atoms with van der Waals surface area (Å²) < 4.78 is 5.31. The molecule has 1 aliphatic rings. The Labute approximate surface area is 130 Å². The van der Waals surface area contributed by atoms with Crippen LogP contribution in [0.2, 0.25) is 5.02 Å². The summed E-state index contributed by atoms with van der Waals surface area (Å²) in [5, 5.41) is 7.71. The van der Waals surface area contributed by atoms with Gasteiger partial charge in [-0.05, 0) is 36.8 Å². The maximum absolute atomic E-state index is 6.08. The highest BCUT2D eigenvalue weighted by Crippen LogP contribution is 2.19. The number of halogens is 1. The average Bonchev–Trinajstić information content (AvgIpc) is 2.44. The van der Waals surface area contributed by atoms with Crippen molar-refractivity contribution in [2.75, 3.05) is 44.7 Å². The third-order valence-corrected chi connectivity index (χ3v) is 3.90. The summed E-state index contributed by atoms with van der Waals surface area (Å²) in [6.07, 6.45) is 0. The molecule has 4 nitrogen and oxygen atoms in total. The Bertz CT molecular complexity index is 464. The van der Waals surface area contributed by atoms with E-state index in [-0.39, 0.29) is 0 Å². The molecule has 1 aromatic carbocycles. The Morgan fingerprint density at radius 2 is 2.15 bits per heavy atom. The molecule has 1 aromatic rings. The average molecular weight is 314 g/mol. The number of ether oxygens (including phenoxy) is 1. The molecule has 0 amide bonds. The second-order valence-electron chi connectivity index (χ2n) is 4.80. The van der Waals surface area contributed by atoms with Crippen molar-refractivity contribution >= 4 is 34.6 Å². The number of anilines is 1. The van der Waals surface area contributed by atoms with Crippen molar-refractivity contribution in [2.45, 2.75) is 6.92 Å². The Hall–Kier alpha value is -0.880. The minimum atomic E-state index is 0.623. The lowest BCUT2D eigenvalue weighted by Gasteiger charge is -2.26. The van der Waals surface area contributed by atoms with Crippen LogP contribution in [0.15, 0.2) is 18.2 Å². The van der Waals surface area contributed by atoms with Crippen LogP contribution in [-0.4, -0.2) is 49.4 Å². The van der Waals surface area contributed by atoms with Crippen molar-refractivity contribution in [3.8, 4) is 0 Å². The fourth-order valence-electron chi connectivity index (χ4n) is 2.00. The lowest BCUT2D eigenvalue weighted by atomic mass is 10.2. The molecule has 0 radical (unpaired) electrons. The molecule has 1 fully saturated rings. The number of hydrogen-bond donors (Lipinski definition) is 2. The van der Waals surface area contributed by atoms with Crippen molar-refractivity contribution in [2.24, 2.45) is 0 Å². The van der Waals surface area contributed by atoms with Crippen molar-refractivity contribution in [3.05, 3.63) is 28.8 Å². The molecule has 0 aromatic heterocycles. The molecule has 1 aliphatic heterocycles. The van der Waals surface area contributed by atoms with E-state index in [0.717, 1.165) is 55.7 Å². The lowest BCUT2D eigenvalue weighted by Crippen LogP contribution is -2.42. The fraction of sp³-hybridized carbons (Fsp3) is 0.500. The molecule has 1 heterocycles. The van der Waals surface area contributed by atoms with Gasteiger partial charge >= 0.3 is 0 Å². The summed E-state index contributed by atoms with van der Waals surface area (Å²) in [5.74, 6) is 0. The molecule has 1 saturated heterocycles. The molecule has 0 atom stereocenters. The molecule has 0 aliphatic carbocycles. The molecule has 0 unspecified atom stereocenters. The fourth-order valence-corrected chi connectivity index (χ4v) is 2.40. The maximum atomic E-state index is 6.08. The Kier molecular flexibility index (Phi) is 6.04. The van der Waals surface area contributed by atoms with E-state index in [0.29, 0.717) is 5.11 Å². The van der Waals surface area contributed by atoms with Crippen LogP contribution < -0.4 is 10.6 Å². The molecule has 6 heteroatoms. The zero-order valence-electron chi connectivity index (χ0n) is 11.6. The van der Waals surface area contributed by atoms with Gasteiger partial charge < -0.3 is 15.4 Å². The second-order valence-corrected chi connectivity index (χ2v) is 5.61. The summed E-state index contributed by atoms with van der Waals surface area (Å²) >= 11 is 11.4. The highest BCUT2D eigenvalue weighted by molar-refractivity contribution is 7.80.